The average Bonchev–Trinajstić information content (AvgIpc) is 2.54. The quantitative estimate of drug-likeness (QED) is 0.910. The lowest BCUT2D eigenvalue weighted by molar-refractivity contribution is 0.0946. The molecule has 0 saturated heterocycles. The molecule has 0 fully saturated rings. The summed E-state index contributed by atoms with van der Waals surface area (Å²) in [6.45, 7) is 4.84. The van der Waals surface area contributed by atoms with Gasteiger partial charge in [-0.2, -0.15) is 0 Å². The topological polar surface area (TPSA) is 54.0 Å². The molecule has 0 unspecified atom stereocenters. The lowest BCUT2D eigenvalue weighted by atomic mass is 9.97. The first-order chi connectivity index (χ1) is 11.0. The van der Waals surface area contributed by atoms with Crippen LogP contribution in [0.1, 0.15) is 41.5 Å². The van der Waals surface area contributed by atoms with Crippen LogP contribution in [0.4, 0.5) is 10.1 Å². The van der Waals surface area contributed by atoms with Gasteiger partial charge in [-0.15, -0.1) is 0 Å². The number of pyridine rings is 1. The van der Waals surface area contributed by atoms with Crippen molar-refractivity contribution in [3.63, 3.8) is 0 Å². The van der Waals surface area contributed by atoms with Gasteiger partial charge in [0.1, 0.15) is 5.82 Å². The average molecular weight is 313 g/mol. The summed E-state index contributed by atoms with van der Waals surface area (Å²) >= 11 is 0. The molecule has 23 heavy (non-hydrogen) atoms. The number of hydrogen-bond acceptors (Lipinski definition) is 3. The number of halogens is 1. The molecular weight excluding hydrogens is 293 g/mol. The van der Waals surface area contributed by atoms with E-state index in [9.17, 15) is 9.18 Å². The molecule has 120 valence electrons. The lowest BCUT2D eigenvalue weighted by Crippen LogP contribution is -2.31. The Balaban J connectivity index is 1.87. The summed E-state index contributed by atoms with van der Waals surface area (Å²) in [7, 11) is 0. The molecule has 0 bridgehead atoms. The van der Waals surface area contributed by atoms with E-state index in [4.69, 9.17) is 0 Å². The fourth-order valence-corrected chi connectivity index (χ4v) is 2.83. The van der Waals surface area contributed by atoms with Gasteiger partial charge in [0.15, 0.2) is 0 Å². The number of nitrogens with zero attached hydrogens (tertiary/aromatic N) is 1. The number of anilines is 1. The van der Waals surface area contributed by atoms with Crippen LogP contribution in [0.2, 0.25) is 0 Å². The van der Waals surface area contributed by atoms with Gasteiger partial charge in [0.25, 0.3) is 5.91 Å². The fraction of sp³-hybridized carbons (Fsp3) is 0.333. The van der Waals surface area contributed by atoms with Crippen molar-refractivity contribution >= 4 is 11.6 Å². The Morgan fingerprint density at radius 1 is 1.26 bits per heavy atom. The van der Waals surface area contributed by atoms with Crippen LogP contribution in [0, 0.1) is 11.7 Å². The molecule has 1 aliphatic heterocycles. The van der Waals surface area contributed by atoms with E-state index in [2.05, 4.69) is 29.5 Å². The highest BCUT2D eigenvalue weighted by molar-refractivity contribution is 5.97. The highest BCUT2D eigenvalue weighted by Gasteiger charge is 2.20. The first-order valence-corrected chi connectivity index (χ1v) is 7.83. The molecule has 1 aliphatic rings. The lowest BCUT2D eigenvalue weighted by Gasteiger charge is -2.24. The van der Waals surface area contributed by atoms with Gasteiger partial charge in [0, 0.05) is 17.8 Å². The van der Waals surface area contributed by atoms with E-state index in [1.165, 1.54) is 12.3 Å². The maximum Gasteiger partial charge on any atom is 0.251 e. The maximum absolute atomic E-state index is 13.1. The molecule has 1 amide bonds. The summed E-state index contributed by atoms with van der Waals surface area (Å²) in [6.07, 6.45) is 2.08. The van der Waals surface area contributed by atoms with Gasteiger partial charge in [-0.25, -0.2) is 4.39 Å². The van der Waals surface area contributed by atoms with E-state index < -0.39 is 0 Å². The molecule has 5 heteroatoms. The number of hydrogen-bond donors (Lipinski definition) is 2. The molecule has 4 nitrogen and oxygen atoms in total. The van der Waals surface area contributed by atoms with Crippen LogP contribution in [0.5, 0.6) is 0 Å². The highest BCUT2D eigenvalue weighted by Crippen LogP contribution is 2.27. The summed E-state index contributed by atoms with van der Waals surface area (Å²) in [5, 5.41) is 6.28. The molecule has 2 heterocycles. The Morgan fingerprint density at radius 3 is 2.78 bits per heavy atom. The van der Waals surface area contributed by atoms with Crippen molar-refractivity contribution in [3.8, 4) is 0 Å². The monoisotopic (exact) mass is 313 g/mol. The molecule has 3 rings (SSSR count). The number of fused-ring (bicyclic) bond motifs is 1. The van der Waals surface area contributed by atoms with Gasteiger partial charge < -0.3 is 10.6 Å². The second-order valence-electron chi connectivity index (χ2n) is 6.15. The minimum Gasteiger partial charge on any atom is -0.376 e. The summed E-state index contributed by atoms with van der Waals surface area (Å²) in [5.74, 6) is -0.115. The molecule has 2 N–H and O–H groups in total. The molecule has 0 radical (unpaired) electrons. The number of benzene rings is 1. The molecular formula is C18H20FN3O. The van der Waals surface area contributed by atoms with Crippen molar-refractivity contribution < 1.29 is 9.18 Å². The number of carbonyl (C=O) groups excluding carboxylic acids is 1. The van der Waals surface area contributed by atoms with Crippen molar-refractivity contribution in [3.05, 3.63) is 59.2 Å². The molecule has 2 aromatic rings. The van der Waals surface area contributed by atoms with Gasteiger partial charge in [-0.3, -0.25) is 9.78 Å². The van der Waals surface area contributed by atoms with E-state index in [1.54, 1.807) is 6.07 Å². The van der Waals surface area contributed by atoms with Crippen LogP contribution in [0.25, 0.3) is 0 Å². The van der Waals surface area contributed by atoms with E-state index in [0.717, 1.165) is 28.9 Å². The van der Waals surface area contributed by atoms with Crippen LogP contribution in [-0.2, 0) is 6.42 Å². The maximum atomic E-state index is 13.1. The summed E-state index contributed by atoms with van der Waals surface area (Å²) < 4.78 is 13.1. The smallest absolute Gasteiger partial charge is 0.251 e. The van der Waals surface area contributed by atoms with Gasteiger partial charge in [0.2, 0.25) is 0 Å². The molecule has 0 spiro atoms. The Bertz CT molecular complexity index is 713. The predicted octanol–water partition coefficient (Wildman–Crippen LogP) is 3.32. The third kappa shape index (κ3) is 3.33. The zero-order chi connectivity index (χ0) is 16.4. The second kappa shape index (κ2) is 6.36. The van der Waals surface area contributed by atoms with Gasteiger partial charge in [-0.05, 0) is 42.2 Å². The van der Waals surface area contributed by atoms with E-state index >= 15 is 0 Å². The van der Waals surface area contributed by atoms with E-state index in [0.29, 0.717) is 6.54 Å². The highest BCUT2D eigenvalue weighted by atomic mass is 19.1. The normalized spacial score (nSPS) is 15.0. The Labute approximate surface area is 135 Å². The van der Waals surface area contributed by atoms with Crippen molar-refractivity contribution in [1.29, 1.82) is 0 Å². The van der Waals surface area contributed by atoms with Crippen molar-refractivity contribution in [2.24, 2.45) is 5.92 Å². The van der Waals surface area contributed by atoms with Crippen LogP contribution in [0.15, 0.2) is 36.5 Å². The number of nitrogens with one attached hydrogen (secondary N) is 2. The third-order valence-electron chi connectivity index (χ3n) is 4.09. The molecule has 1 atom stereocenters. The minimum atomic E-state index is -0.346. The second-order valence-corrected chi connectivity index (χ2v) is 6.15. The molecule has 0 aliphatic carbocycles. The third-order valence-corrected chi connectivity index (χ3v) is 4.09. The summed E-state index contributed by atoms with van der Waals surface area (Å²) in [5.41, 5.74) is 3.44. The van der Waals surface area contributed by atoms with Crippen molar-refractivity contribution in [2.75, 3.05) is 11.9 Å². The summed E-state index contributed by atoms with van der Waals surface area (Å²) in [4.78, 5) is 16.2. The van der Waals surface area contributed by atoms with Crippen LogP contribution in [0.3, 0.4) is 0 Å². The fourth-order valence-electron chi connectivity index (χ4n) is 2.83. The van der Waals surface area contributed by atoms with E-state index in [1.807, 2.05) is 18.2 Å². The van der Waals surface area contributed by atoms with Crippen molar-refractivity contribution in [2.45, 2.75) is 26.3 Å². The largest absolute Gasteiger partial charge is 0.376 e. The Kier molecular flexibility index (Phi) is 4.28. The van der Waals surface area contributed by atoms with Gasteiger partial charge >= 0.3 is 0 Å². The SMILES string of the molecule is CC(C)[C@H](Nc1ccc2c(c1)C(=O)NCC2)c1ccc(F)cn1. The molecule has 1 aromatic carbocycles. The molecule has 0 saturated carbocycles. The zero-order valence-electron chi connectivity index (χ0n) is 13.3. The minimum absolute atomic E-state index is 0.0316. The predicted molar refractivity (Wildman–Crippen MR) is 87.9 cm³/mol. The Hall–Kier alpha value is -2.43. The van der Waals surface area contributed by atoms with Crippen LogP contribution in [-0.4, -0.2) is 17.4 Å². The van der Waals surface area contributed by atoms with Gasteiger partial charge in [-0.1, -0.05) is 19.9 Å². The number of carbonyl (C=O) groups is 1. The van der Waals surface area contributed by atoms with Crippen LogP contribution >= 0.6 is 0 Å². The Morgan fingerprint density at radius 2 is 2.09 bits per heavy atom. The zero-order valence-corrected chi connectivity index (χ0v) is 13.3. The first kappa shape index (κ1) is 15.5. The standard InChI is InChI=1S/C18H20FN3O/c1-11(2)17(16-6-4-13(19)10-21-16)22-14-5-3-12-7-8-20-18(23)15(12)9-14/h3-6,9-11,17,22H,7-8H2,1-2H3,(H,20,23)/t17-/m0/s1. The van der Waals surface area contributed by atoms with E-state index in [-0.39, 0.29) is 23.7 Å². The number of aromatic nitrogens is 1. The first-order valence-electron chi connectivity index (χ1n) is 7.83. The number of amides is 1. The molecule has 1 aromatic heterocycles. The van der Waals surface area contributed by atoms with Crippen molar-refractivity contribution in [1.82, 2.24) is 10.3 Å². The summed E-state index contributed by atoms with van der Waals surface area (Å²) in [6, 6.07) is 8.91. The van der Waals surface area contributed by atoms with Crippen LogP contribution < -0.4 is 10.6 Å². The number of rotatable bonds is 4. The van der Waals surface area contributed by atoms with Gasteiger partial charge in [0.05, 0.1) is 17.9 Å².